The summed E-state index contributed by atoms with van der Waals surface area (Å²) in [6.07, 6.45) is 0. The first kappa shape index (κ1) is 15.1. The van der Waals surface area contributed by atoms with Crippen LogP contribution in [0.15, 0.2) is 40.9 Å². The topological polar surface area (TPSA) is 52.3 Å². The average Bonchev–Trinajstić information content (AvgIpc) is 2.99. The third-order valence-electron chi connectivity index (χ3n) is 4.12. The number of nitrogens with zero attached hydrogens (tertiary/aromatic N) is 4. The first-order chi connectivity index (χ1) is 11.6. The molecule has 0 saturated carbocycles. The van der Waals surface area contributed by atoms with Gasteiger partial charge in [-0.3, -0.25) is 4.40 Å². The molecule has 0 amide bonds. The summed E-state index contributed by atoms with van der Waals surface area (Å²) < 4.78 is 8.55. The van der Waals surface area contributed by atoms with Gasteiger partial charge in [0.05, 0.1) is 18.3 Å². The van der Waals surface area contributed by atoms with Crippen LogP contribution in [0.1, 0.15) is 11.3 Å². The molecule has 6 heteroatoms. The Morgan fingerprint density at radius 1 is 1.08 bits per heavy atom. The van der Waals surface area contributed by atoms with Crippen LogP contribution in [0.25, 0.3) is 28.1 Å². The van der Waals surface area contributed by atoms with E-state index < -0.39 is 0 Å². The van der Waals surface area contributed by atoms with E-state index in [0.29, 0.717) is 0 Å². The van der Waals surface area contributed by atoms with Gasteiger partial charge in [0.2, 0.25) is 0 Å². The van der Waals surface area contributed by atoms with Crippen LogP contribution in [-0.2, 0) is 0 Å². The monoisotopic (exact) mass is 382 g/mol. The van der Waals surface area contributed by atoms with Crippen molar-refractivity contribution in [3.63, 3.8) is 0 Å². The zero-order valence-electron chi connectivity index (χ0n) is 13.5. The fourth-order valence-corrected chi connectivity index (χ4v) is 3.41. The second kappa shape index (κ2) is 5.56. The van der Waals surface area contributed by atoms with Gasteiger partial charge in [-0.25, -0.2) is 4.98 Å². The van der Waals surface area contributed by atoms with Crippen molar-refractivity contribution in [2.75, 3.05) is 7.11 Å². The third-order valence-corrected chi connectivity index (χ3v) is 4.58. The molecule has 0 aliphatic heterocycles. The molecular weight excluding hydrogens is 368 g/mol. The van der Waals surface area contributed by atoms with E-state index in [2.05, 4.69) is 50.2 Å². The Morgan fingerprint density at radius 3 is 2.62 bits per heavy atom. The number of halogens is 1. The molecule has 2 aromatic carbocycles. The highest BCUT2D eigenvalue weighted by Crippen LogP contribution is 2.33. The lowest BCUT2D eigenvalue weighted by Crippen LogP contribution is -2.00. The summed E-state index contributed by atoms with van der Waals surface area (Å²) >= 11 is 3.52. The van der Waals surface area contributed by atoms with Gasteiger partial charge in [-0.2, -0.15) is 0 Å². The van der Waals surface area contributed by atoms with E-state index in [1.54, 1.807) is 7.11 Å². The molecule has 0 fully saturated rings. The van der Waals surface area contributed by atoms with Gasteiger partial charge in [-0.05, 0) is 31.5 Å². The summed E-state index contributed by atoms with van der Waals surface area (Å²) in [5, 5.41) is 8.81. The molecule has 0 bridgehead atoms. The van der Waals surface area contributed by atoms with Crippen LogP contribution in [0.2, 0.25) is 0 Å². The molecule has 4 rings (SSSR count). The molecule has 2 aromatic heterocycles. The first-order valence-electron chi connectivity index (χ1n) is 7.55. The van der Waals surface area contributed by atoms with E-state index in [1.807, 2.05) is 35.6 Å². The number of hydrogen-bond acceptors (Lipinski definition) is 4. The van der Waals surface area contributed by atoms with Crippen molar-refractivity contribution in [2.24, 2.45) is 0 Å². The SMILES string of the molecule is COc1cc(Br)cc2nc(C)c3nnc(-c4ccccc4C)n3c12. The normalized spacial score (nSPS) is 11.3. The standard InChI is InChI=1S/C18H15BrN4O/c1-10-6-4-5-7-13(10)18-22-21-17-11(2)20-14-8-12(19)9-15(24-3)16(14)23(17)18/h4-9H,1-3H3. The van der Waals surface area contributed by atoms with Crippen molar-refractivity contribution < 1.29 is 4.74 Å². The van der Waals surface area contributed by atoms with E-state index >= 15 is 0 Å². The highest BCUT2D eigenvalue weighted by Gasteiger charge is 2.18. The lowest BCUT2D eigenvalue weighted by Gasteiger charge is -2.12. The van der Waals surface area contributed by atoms with Gasteiger partial charge in [-0.15, -0.1) is 10.2 Å². The van der Waals surface area contributed by atoms with Gasteiger partial charge in [0.15, 0.2) is 11.5 Å². The van der Waals surface area contributed by atoms with Gasteiger partial charge >= 0.3 is 0 Å². The van der Waals surface area contributed by atoms with E-state index in [1.165, 1.54) is 0 Å². The van der Waals surface area contributed by atoms with Crippen molar-refractivity contribution in [1.29, 1.82) is 0 Å². The Bertz CT molecular complexity index is 1090. The molecule has 2 heterocycles. The lowest BCUT2D eigenvalue weighted by atomic mass is 10.1. The zero-order valence-corrected chi connectivity index (χ0v) is 15.1. The van der Waals surface area contributed by atoms with Gasteiger partial charge in [0.25, 0.3) is 0 Å². The van der Waals surface area contributed by atoms with Crippen molar-refractivity contribution in [2.45, 2.75) is 13.8 Å². The number of fused-ring (bicyclic) bond motifs is 3. The molecule has 4 aromatic rings. The predicted octanol–water partition coefficient (Wildman–Crippen LogP) is 4.33. The van der Waals surface area contributed by atoms with Crippen molar-refractivity contribution >= 4 is 32.6 Å². The number of aromatic nitrogens is 4. The van der Waals surface area contributed by atoms with Crippen molar-refractivity contribution in [1.82, 2.24) is 19.6 Å². The van der Waals surface area contributed by atoms with Crippen LogP contribution in [-0.4, -0.2) is 26.7 Å². The van der Waals surface area contributed by atoms with Crippen molar-refractivity contribution in [3.05, 3.63) is 52.1 Å². The van der Waals surface area contributed by atoms with Crippen LogP contribution in [0.4, 0.5) is 0 Å². The summed E-state index contributed by atoms with van der Waals surface area (Å²) in [7, 11) is 1.66. The summed E-state index contributed by atoms with van der Waals surface area (Å²) in [5.74, 6) is 1.52. The number of rotatable bonds is 2. The molecule has 5 nitrogen and oxygen atoms in total. The largest absolute Gasteiger partial charge is 0.494 e. The van der Waals surface area contributed by atoms with Crippen LogP contribution in [0, 0.1) is 13.8 Å². The molecule has 0 atom stereocenters. The summed E-state index contributed by atoms with van der Waals surface area (Å²) in [4.78, 5) is 4.67. The summed E-state index contributed by atoms with van der Waals surface area (Å²) in [5.41, 5.74) is 5.45. The highest BCUT2D eigenvalue weighted by molar-refractivity contribution is 9.10. The maximum absolute atomic E-state index is 5.60. The van der Waals surface area contributed by atoms with E-state index in [0.717, 1.165) is 49.5 Å². The fraction of sp³-hybridized carbons (Fsp3) is 0.167. The smallest absolute Gasteiger partial charge is 0.183 e. The number of ether oxygens (including phenoxy) is 1. The quantitative estimate of drug-likeness (QED) is 0.517. The lowest BCUT2D eigenvalue weighted by molar-refractivity contribution is 0.418. The Balaban J connectivity index is 2.22. The Labute approximate surface area is 147 Å². The minimum atomic E-state index is 0.728. The average molecular weight is 383 g/mol. The Hall–Kier alpha value is -2.47. The molecule has 0 radical (unpaired) electrons. The first-order valence-corrected chi connectivity index (χ1v) is 8.34. The van der Waals surface area contributed by atoms with Gasteiger partial charge < -0.3 is 4.74 Å². The number of hydrogen-bond donors (Lipinski definition) is 0. The van der Waals surface area contributed by atoms with Crippen LogP contribution in [0.5, 0.6) is 5.75 Å². The second-order valence-electron chi connectivity index (χ2n) is 5.67. The minimum absolute atomic E-state index is 0.728. The molecule has 0 aliphatic carbocycles. The number of methoxy groups -OCH3 is 1. The minimum Gasteiger partial charge on any atom is -0.494 e. The van der Waals surface area contributed by atoms with Gasteiger partial charge in [0, 0.05) is 10.0 Å². The number of benzene rings is 2. The van der Waals surface area contributed by atoms with Crippen LogP contribution < -0.4 is 4.74 Å². The van der Waals surface area contributed by atoms with Gasteiger partial charge in [-0.1, -0.05) is 40.2 Å². The molecule has 0 spiro atoms. The summed E-state index contributed by atoms with van der Waals surface area (Å²) in [6, 6.07) is 12.1. The molecule has 0 unspecified atom stereocenters. The van der Waals surface area contributed by atoms with Crippen LogP contribution >= 0.6 is 15.9 Å². The van der Waals surface area contributed by atoms with E-state index in [-0.39, 0.29) is 0 Å². The third kappa shape index (κ3) is 2.17. The van der Waals surface area contributed by atoms with E-state index in [4.69, 9.17) is 4.74 Å². The number of aryl methyl sites for hydroxylation is 2. The molecule has 24 heavy (non-hydrogen) atoms. The van der Waals surface area contributed by atoms with Crippen molar-refractivity contribution in [3.8, 4) is 17.1 Å². The molecule has 0 N–H and O–H groups in total. The Kier molecular flexibility index (Phi) is 3.49. The molecular formula is C18H15BrN4O. The fourth-order valence-electron chi connectivity index (χ4n) is 2.99. The predicted molar refractivity (Wildman–Crippen MR) is 97.5 cm³/mol. The second-order valence-corrected chi connectivity index (χ2v) is 6.59. The maximum Gasteiger partial charge on any atom is 0.183 e. The maximum atomic E-state index is 5.60. The molecule has 0 saturated heterocycles. The zero-order chi connectivity index (χ0) is 16.8. The summed E-state index contributed by atoms with van der Waals surface area (Å²) in [6.45, 7) is 4.01. The van der Waals surface area contributed by atoms with E-state index in [9.17, 15) is 0 Å². The highest BCUT2D eigenvalue weighted by atomic mass is 79.9. The van der Waals surface area contributed by atoms with Crippen LogP contribution in [0.3, 0.4) is 0 Å². The molecule has 120 valence electrons. The molecule has 0 aliphatic rings. The Morgan fingerprint density at radius 2 is 1.88 bits per heavy atom. The van der Waals surface area contributed by atoms with Gasteiger partial charge in [0.1, 0.15) is 11.3 Å².